The molecule has 74 valence electrons. The molecule has 0 aliphatic carbocycles. The summed E-state index contributed by atoms with van der Waals surface area (Å²) in [7, 11) is 0. The maximum atomic E-state index is 13.1. The monoisotopic (exact) mass is 200 g/mol. The molecule has 0 fully saturated rings. The molecule has 0 unspecified atom stereocenters. The van der Waals surface area contributed by atoms with Crippen molar-refractivity contribution >= 4 is 6.08 Å². The predicted octanol–water partition coefficient (Wildman–Crippen LogP) is 2.82. The maximum absolute atomic E-state index is 13.1. The predicted molar refractivity (Wildman–Crippen MR) is 55.0 cm³/mol. The van der Waals surface area contributed by atoms with Gasteiger partial charge in [0.2, 0.25) is 0 Å². The summed E-state index contributed by atoms with van der Waals surface area (Å²) in [5.41, 5.74) is 1.19. The lowest BCUT2D eigenvalue weighted by atomic mass is 10.1. The van der Waals surface area contributed by atoms with Crippen molar-refractivity contribution in [2.24, 2.45) is 0 Å². The number of nitriles is 2. The van der Waals surface area contributed by atoms with Crippen LogP contribution >= 0.6 is 0 Å². The van der Waals surface area contributed by atoms with Crippen LogP contribution in [0.4, 0.5) is 4.39 Å². The van der Waals surface area contributed by atoms with Crippen molar-refractivity contribution in [1.82, 2.24) is 0 Å². The lowest BCUT2D eigenvalue weighted by molar-refractivity contribution is 0.615. The van der Waals surface area contributed by atoms with E-state index in [2.05, 4.69) is 0 Å². The summed E-state index contributed by atoms with van der Waals surface area (Å²) in [6, 6.07) is 8.44. The molecule has 0 heterocycles. The third-order valence-corrected chi connectivity index (χ3v) is 1.86. The molecule has 0 saturated heterocycles. The van der Waals surface area contributed by atoms with Gasteiger partial charge in [-0.3, -0.25) is 0 Å². The maximum Gasteiger partial charge on any atom is 0.127 e. The average Bonchev–Trinajstić information content (AvgIpc) is 2.23. The Morgan fingerprint density at radius 2 is 2.07 bits per heavy atom. The highest BCUT2D eigenvalue weighted by molar-refractivity contribution is 5.51. The normalized spacial score (nSPS) is 9.80. The number of halogens is 1. The quantitative estimate of drug-likeness (QED) is 0.753. The van der Waals surface area contributed by atoms with Crippen molar-refractivity contribution < 1.29 is 4.39 Å². The van der Waals surface area contributed by atoms with E-state index in [1.165, 1.54) is 6.07 Å². The first-order valence-corrected chi connectivity index (χ1v) is 4.47. The SMILES string of the molecule is N#CCC=Cc1ccc(F)c(CC#N)c1. The molecule has 0 aliphatic heterocycles. The zero-order chi connectivity index (χ0) is 11.1. The summed E-state index contributed by atoms with van der Waals surface area (Å²) in [5, 5.41) is 16.8. The molecule has 1 rings (SSSR count). The standard InChI is InChI=1S/C12H9FN2/c13-12-5-4-10(3-1-2-7-14)9-11(12)6-8-15/h1,3-5,9H,2,6H2. The van der Waals surface area contributed by atoms with Crippen LogP contribution < -0.4 is 0 Å². The second-order valence-corrected chi connectivity index (χ2v) is 2.95. The number of hydrogen-bond donors (Lipinski definition) is 0. The van der Waals surface area contributed by atoms with E-state index >= 15 is 0 Å². The van der Waals surface area contributed by atoms with E-state index in [1.54, 1.807) is 24.3 Å². The van der Waals surface area contributed by atoms with Crippen LogP contribution in [0.15, 0.2) is 24.3 Å². The summed E-state index contributed by atoms with van der Waals surface area (Å²) in [6.45, 7) is 0. The first kappa shape index (κ1) is 10.9. The molecule has 15 heavy (non-hydrogen) atoms. The fourth-order valence-corrected chi connectivity index (χ4v) is 1.17. The van der Waals surface area contributed by atoms with E-state index in [0.717, 1.165) is 5.56 Å². The van der Waals surface area contributed by atoms with E-state index in [0.29, 0.717) is 12.0 Å². The number of rotatable bonds is 3. The van der Waals surface area contributed by atoms with E-state index in [9.17, 15) is 4.39 Å². The Bertz CT molecular complexity index is 450. The molecular weight excluding hydrogens is 191 g/mol. The summed E-state index contributed by atoms with van der Waals surface area (Å²) in [5.74, 6) is -0.367. The molecule has 1 aromatic carbocycles. The molecule has 0 aromatic heterocycles. The van der Waals surface area contributed by atoms with Crippen molar-refractivity contribution in [2.45, 2.75) is 12.8 Å². The molecule has 0 N–H and O–H groups in total. The first-order chi connectivity index (χ1) is 7.27. The van der Waals surface area contributed by atoms with Gasteiger partial charge in [0.25, 0.3) is 0 Å². The van der Waals surface area contributed by atoms with Crippen LogP contribution in [0.2, 0.25) is 0 Å². The largest absolute Gasteiger partial charge is 0.207 e. The fraction of sp³-hybridized carbons (Fsp3) is 0.167. The van der Waals surface area contributed by atoms with Gasteiger partial charge in [0.15, 0.2) is 0 Å². The van der Waals surface area contributed by atoms with E-state index in [-0.39, 0.29) is 12.2 Å². The Morgan fingerprint density at radius 1 is 1.27 bits per heavy atom. The Kier molecular flexibility index (Phi) is 4.06. The van der Waals surface area contributed by atoms with E-state index < -0.39 is 0 Å². The average molecular weight is 200 g/mol. The summed E-state index contributed by atoms with van der Waals surface area (Å²) < 4.78 is 13.1. The van der Waals surface area contributed by atoms with Crippen LogP contribution in [0.3, 0.4) is 0 Å². The van der Waals surface area contributed by atoms with Gasteiger partial charge in [0, 0.05) is 5.56 Å². The number of nitrogens with zero attached hydrogens (tertiary/aromatic N) is 2. The third-order valence-electron chi connectivity index (χ3n) is 1.86. The highest BCUT2D eigenvalue weighted by Crippen LogP contribution is 2.12. The molecule has 0 saturated carbocycles. The minimum atomic E-state index is -0.367. The van der Waals surface area contributed by atoms with E-state index in [1.807, 2.05) is 12.1 Å². The lowest BCUT2D eigenvalue weighted by Crippen LogP contribution is -1.89. The van der Waals surface area contributed by atoms with Crippen molar-refractivity contribution in [3.05, 3.63) is 41.2 Å². The van der Waals surface area contributed by atoms with Crippen molar-refractivity contribution in [1.29, 1.82) is 10.5 Å². The van der Waals surface area contributed by atoms with Crippen LogP contribution in [0, 0.1) is 28.5 Å². The van der Waals surface area contributed by atoms with Crippen molar-refractivity contribution in [3.63, 3.8) is 0 Å². The second kappa shape index (κ2) is 5.57. The lowest BCUT2D eigenvalue weighted by Gasteiger charge is -1.99. The van der Waals surface area contributed by atoms with Gasteiger partial charge in [-0.1, -0.05) is 18.2 Å². The molecule has 0 aliphatic rings. The zero-order valence-corrected chi connectivity index (χ0v) is 8.07. The molecule has 0 radical (unpaired) electrons. The van der Waals surface area contributed by atoms with Crippen LogP contribution in [0.25, 0.3) is 6.08 Å². The second-order valence-electron chi connectivity index (χ2n) is 2.95. The van der Waals surface area contributed by atoms with Gasteiger partial charge in [-0.25, -0.2) is 4.39 Å². The molecule has 2 nitrogen and oxygen atoms in total. The third kappa shape index (κ3) is 3.25. The fourth-order valence-electron chi connectivity index (χ4n) is 1.17. The Morgan fingerprint density at radius 3 is 2.73 bits per heavy atom. The molecule has 0 atom stereocenters. The molecular formula is C12H9FN2. The first-order valence-electron chi connectivity index (χ1n) is 4.47. The van der Waals surface area contributed by atoms with Gasteiger partial charge >= 0.3 is 0 Å². The summed E-state index contributed by atoms with van der Waals surface area (Å²) in [6.07, 6.45) is 3.82. The van der Waals surface area contributed by atoms with Crippen molar-refractivity contribution in [3.8, 4) is 12.1 Å². The highest BCUT2D eigenvalue weighted by Gasteiger charge is 2.01. The number of hydrogen-bond acceptors (Lipinski definition) is 2. The van der Waals surface area contributed by atoms with Crippen LogP contribution in [-0.2, 0) is 6.42 Å². The summed E-state index contributed by atoms with van der Waals surface area (Å²) in [4.78, 5) is 0. The van der Waals surface area contributed by atoms with Crippen molar-refractivity contribution in [2.75, 3.05) is 0 Å². The molecule has 0 spiro atoms. The number of allylic oxidation sites excluding steroid dienone is 1. The van der Waals surface area contributed by atoms with Gasteiger partial charge in [-0.2, -0.15) is 10.5 Å². The highest BCUT2D eigenvalue weighted by atomic mass is 19.1. The Hall–Kier alpha value is -2.13. The summed E-state index contributed by atoms with van der Waals surface area (Å²) >= 11 is 0. The molecule has 1 aromatic rings. The van der Waals surface area contributed by atoms with Gasteiger partial charge in [0.1, 0.15) is 5.82 Å². The molecule has 3 heteroatoms. The van der Waals surface area contributed by atoms with Gasteiger partial charge in [0.05, 0.1) is 25.0 Å². The smallest absolute Gasteiger partial charge is 0.127 e. The topological polar surface area (TPSA) is 47.6 Å². The van der Waals surface area contributed by atoms with Crippen LogP contribution in [-0.4, -0.2) is 0 Å². The van der Waals surface area contributed by atoms with Gasteiger partial charge in [-0.05, 0) is 17.7 Å². The van der Waals surface area contributed by atoms with Gasteiger partial charge < -0.3 is 0 Å². The van der Waals surface area contributed by atoms with E-state index in [4.69, 9.17) is 10.5 Å². The zero-order valence-electron chi connectivity index (χ0n) is 8.07. The molecule has 0 amide bonds. The Balaban J connectivity index is 2.89. The Labute approximate surface area is 87.9 Å². The minimum absolute atomic E-state index is 0.0613. The van der Waals surface area contributed by atoms with Gasteiger partial charge in [-0.15, -0.1) is 0 Å². The van der Waals surface area contributed by atoms with Crippen LogP contribution in [0.5, 0.6) is 0 Å². The number of benzene rings is 1. The van der Waals surface area contributed by atoms with Crippen LogP contribution in [0.1, 0.15) is 17.5 Å². The molecule has 0 bridgehead atoms. The minimum Gasteiger partial charge on any atom is -0.207 e.